The summed E-state index contributed by atoms with van der Waals surface area (Å²) in [7, 11) is 0. The minimum Gasteiger partial charge on any atom is -0.348 e. The van der Waals surface area contributed by atoms with Gasteiger partial charge in [-0.2, -0.15) is 0 Å². The average molecular weight is 387 g/mol. The zero-order chi connectivity index (χ0) is 19.0. The number of aromatic amines is 1. The quantitative estimate of drug-likeness (QED) is 0.872. The van der Waals surface area contributed by atoms with Crippen LogP contribution in [0.2, 0.25) is 0 Å². The van der Waals surface area contributed by atoms with Gasteiger partial charge in [-0.15, -0.1) is 11.3 Å². The summed E-state index contributed by atoms with van der Waals surface area (Å²) in [6, 6.07) is 4.08. The van der Waals surface area contributed by atoms with E-state index in [0.717, 1.165) is 56.7 Å². The summed E-state index contributed by atoms with van der Waals surface area (Å²) in [5.74, 6) is 0.823. The number of piperidine rings is 1. The maximum Gasteiger partial charge on any atom is 0.263 e. The molecule has 0 bridgehead atoms. The maximum absolute atomic E-state index is 13.0. The van der Waals surface area contributed by atoms with E-state index in [-0.39, 0.29) is 11.4 Å². The van der Waals surface area contributed by atoms with Crippen LogP contribution in [0, 0.1) is 5.92 Å². The van der Waals surface area contributed by atoms with Crippen molar-refractivity contribution in [3.8, 4) is 0 Å². The first-order valence-electron chi connectivity index (χ1n) is 10.2. The van der Waals surface area contributed by atoms with Crippen LogP contribution >= 0.6 is 11.3 Å². The van der Waals surface area contributed by atoms with Crippen LogP contribution in [-0.2, 0) is 18.4 Å². The monoisotopic (exact) mass is 386 g/mol. The van der Waals surface area contributed by atoms with Gasteiger partial charge in [0.15, 0.2) is 0 Å². The molecule has 5 nitrogen and oxygen atoms in total. The van der Waals surface area contributed by atoms with Crippen molar-refractivity contribution in [2.24, 2.45) is 5.92 Å². The van der Waals surface area contributed by atoms with E-state index in [1.54, 1.807) is 11.3 Å². The molecule has 0 atom stereocenters. The van der Waals surface area contributed by atoms with Gasteiger partial charge in [0.1, 0.15) is 0 Å². The van der Waals surface area contributed by atoms with Crippen LogP contribution in [0.15, 0.2) is 18.5 Å². The molecule has 1 saturated heterocycles. The largest absolute Gasteiger partial charge is 0.348 e. The number of carbonyl (C=O) groups is 1. The Balaban J connectivity index is 1.54. The van der Waals surface area contributed by atoms with Crippen LogP contribution in [0.4, 0.5) is 0 Å². The molecule has 0 radical (unpaired) electrons. The molecule has 1 spiro atoms. The van der Waals surface area contributed by atoms with Crippen molar-refractivity contribution in [1.29, 1.82) is 0 Å². The summed E-state index contributed by atoms with van der Waals surface area (Å²) >= 11 is 1.64. The van der Waals surface area contributed by atoms with E-state index in [2.05, 4.69) is 36.7 Å². The molecule has 4 heterocycles. The topological polar surface area (TPSA) is 52.2 Å². The number of H-pyrrole nitrogens is 1. The summed E-state index contributed by atoms with van der Waals surface area (Å²) in [4.78, 5) is 27.9. The Morgan fingerprint density at radius 2 is 2.07 bits per heavy atom. The molecular formula is C21H30N4OS. The number of nitrogens with zero attached hydrogens (tertiary/aromatic N) is 3. The number of imidazole rings is 1. The normalized spacial score (nSPS) is 19.6. The highest BCUT2D eigenvalue weighted by atomic mass is 32.1. The van der Waals surface area contributed by atoms with E-state index in [1.807, 2.05) is 17.3 Å². The third-order valence-corrected chi connectivity index (χ3v) is 7.30. The lowest BCUT2D eigenvalue weighted by Crippen LogP contribution is -2.57. The number of aryl methyl sites for hydroxylation is 1. The van der Waals surface area contributed by atoms with Gasteiger partial charge in [0, 0.05) is 43.2 Å². The van der Waals surface area contributed by atoms with Crippen molar-refractivity contribution >= 4 is 17.2 Å². The number of carbonyl (C=O) groups excluding carboxylic acids is 1. The molecule has 6 heteroatoms. The standard InChI is InChI=1S/C21H30N4OS/c1-4-16-5-6-18(27-16)20(26)24-11-8-21(9-12-24)19-17(22-14-23-19)7-10-25(21)13-15(2)3/h5-6,14-15H,4,7-13H2,1-3H3,(H,22,23). The molecule has 146 valence electrons. The number of hydrogen-bond donors (Lipinski definition) is 1. The summed E-state index contributed by atoms with van der Waals surface area (Å²) in [6.07, 6.45) is 5.82. The molecule has 0 aliphatic carbocycles. The van der Waals surface area contributed by atoms with Gasteiger partial charge in [-0.25, -0.2) is 4.98 Å². The third kappa shape index (κ3) is 3.34. The SMILES string of the molecule is CCc1ccc(C(=O)N2CCC3(CC2)c2nc[nH]c2CCN3CC(C)C)s1. The second-order valence-corrected chi connectivity index (χ2v) is 9.43. The van der Waals surface area contributed by atoms with Gasteiger partial charge in [-0.05, 0) is 37.3 Å². The smallest absolute Gasteiger partial charge is 0.263 e. The Hall–Kier alpha value is -1.66. The van der Waals surface area contributed by atoms with Crippen molar-refractivity contribution in [2.75, 3.05) is 26.2 Å². The molecule has 1 fully saturated rings. The summed E-state index contributed by atoms with van der Waals surface area (Å²) in [6.45, 7) is 10.5. The van der Waals surface area contributed by atoms with Crippen LogP contribution in [0.5, 0.6) is 0 Å². The summed E-state index contributed by atoms with van der Waals surface area (Å²) in [5, 5.41) is 0. The van der Waals surface area contributed by atoms with Gasteiger partial charge < -0.3 is 9.88 Å². The Labute approximate surface area is 165 Å². The third-order valence-electron chi connectivity index (χ3n) is 6.08. The minimum atomic E-state index is -0.0152. The Morgan fingerprint density at radius 3 is 2.74 bits per heavy atom. The number of rotatable bonds is 4. The summed E-state index contributed by atoms with van der Waals surface area (Å²) in [5.41, 5.74) is 2.50. The lowest BCUT2D eigenvalue weighted by Gasteiger charge is -2.51. The molecule has 0 saturated carbocycles. The lowest BCUT2D eigenvalue weighted by atomic mass is 9.78. The highest BCUT2D eigenvalue weighted by Gasteiger charge is 2.47. The molecule has 0 unspecified atom stereocenters. The molecule has 0 aromatic carbocycles. The number of nitrogens with one attached hydrogen (secondary N) is 1. The van der Waals surface area contributed by atoms with E-state index in [9.17, 15) is 4.79 Å². The van der Waals surface area contributed by atoms with Gasteiger partial charge in [0.25, 0.3) is 5.91 Å². The number of aromatic nitrogens is 2. The fourth-order valence-corrected chi connectivity index (χ4v) is 5.62. The molecule has 4 rings (SSSR count). The minimum absolute atomic E-state index is 0.0152. The van der Waals surface area contributed by atoms with Crippen molar-refractivity contribution in [3.63, 3.8) is 0 Å². The molecule has 2 aliphatic rings. The van der Waals surface area contributed by atoms with Crippen LogP contribution in [0.3, 0.4) is 0 Å². The fourth-order valence-electron chi connectivity index (χ4n) is 4.70. The second-order valence-electron chi connectivity index (χ2n) is 8.26. The summed E-state index contributed by atoms with van der Waals surface area (Å²) < 4.78 is 0. The van der Waals surface area contributed by atoms with E-state index >= 15 is 0 Å². The van der Waals surface area contributed by atoms with Crippen LogP contribution in [-0.4, -0.2) is 51.9 Å². The molecule has 2 aromatic rings. The van der Waals surface area contributed by atoms with E-state index < -0.39 is 0 Å². The molecule has 1 N–H and O–H groups in total. The molecule has 27 heavy (non-hydrogen) atoms. The van der Waals surface area contributed by atoms with Crippen LogP contribution < -0.4 is 0 Å². The van der Waals surface area contributed by atoms with Gasteiger partial charge in [0.05, 0.1) is 22.4 Å². The molecular weight excluding hydrogens is 356 g/mol. The number of thiophene rings is 1. The molecule has 2 aliphatic heterocycles. The lowest BCUT2D eigenvalue weighted by molar-refractivity contribution is 0.000756. The second kappa shape index (κ2) is 7.40. The van der Waals surface area contributed by atoms with E-state index in [0.29, 0.717) is 5.92 Å². The predicted molar refractivity (Wildman–Crippen MR) is 109 cm³/mol. The zero-order valence-electron chi connectivity index (χ0n) is 16.6. The van der Waals surface area contributed by atoms with Gasteiger partial charge in [-0.3, -0.25) is 9.69 Å². The van der Waals surface area contributed by atoms with Crippen molar-refractivity contribution < 1.29 is 4.79 Å². The Morgan fingerprint density at radius 1 is 1.30 bits per heavy atom. The Bertz CT molecular complexity index is 801. The number of hydrogen-bond acceptors (Lipinski definition) is 4. The average Bonchev–Trinajstić information content (AvgIpc) is 3.33. The first-order chi connectivity index (χ1) is 13.0. The fraction of sp³-hybridized carbons (Fsp3) is 0.619. The highest BCUT2D eigenvalue weighted by Crippen LogP contribution is 2.42. The maximum atomic E-state index is 13.0. The van der Waals surface area contributed by atoms with Crippen LogP contribution in [0.1, 0.15) is 59.5 Å². The van der Waals surface area contributed by atoms with Crippen molar-refractivity contribution in [2.45, 2.75) is 52.0 Å². The van der Waals surface area contributed by atoms with Gasteiger partial charge >= 0.3 is 0 Å². The predicted octanol–water partition coefficient (Wildman–Crippen LogP) is 3.68. The number of likely N-dealkylation sites (tertiary alicyclic amines) is 1. The first-order valence-corrected chi connectivity index (χ1v) is 11.0. The highest BCUT2D eigenvalue weighted by molar-refractivity contribution is 7.14. The first kappa shape index (κ1) is 18.7. The molecule has 1 amide bonds. The molecule has 2 aromatic heterocycles. The van der Waals surface area contributed by atoms with Crippen molar-refractivity contribution in [3.05, 3.63) is 39.6 Å². The number of fused-ring (bicyclic) bond motifs is 2. The van der Waals surface area contributed by atoms with Gasteiger partial charge in [0.2, 0.25) is 0 Å². The Kier molecular flexibility index (Phi) is 5.12. The van der Waals surface area contributed by atoms with Crippen molar-refractivity contribution in [1.82, 2.24) is 19.8 Å². The van der Waals surface area contributed by atoms with E-state index in [4.69, 9.17) is 4.98 Å². The zero-order valence-corrected chi connectivity index (χ0v) is 17.4. The van der Waals surface area contributed by atoms with Gasteiger partial charge in [-0.1, -0.05) is 20.8 Å². The van der Waals surface area contributed by atoms with Crippen LogP contribution in [0.25, 0.3) is 0 Å². The number of amides is 1. The van der Waals surface area contributed by atoms with E-state index in [1.165, 1.54) is 16.3 Å².